The fraction of sp³-hybridized carbons (Fsp3) is 0.154. The first-order chi connectivity index (χ1) is 9.88. The van der Waals surface area contributed by atoms with Crippen molar-refractivity contribution in [2.24, 2.45) is 0 Å². The number of rotatable bonds is 5. The molecule has 0 radical (unpaired) electrons. The van der Waals surface area contributed by atoms with Crippen molar-refractivity contribution in [2.75, 3.05) is 16.8 Å². The number of carbonyl (C=O) groups excluding carboxylic acids is 1. The van der Waals surface area contributed by atoms with E-state index in [0.717, 1.165) is 11.3 Å². The lowest BCUT2D eigenvalue weighted by Gasteiger charge is -2.08. The molecule has 5 nitrogen and oxygen atoms in total. The molecule has 0 aliphatic carbocycles. The summed E-state index contributed by atoms with van der Waals surface area (Å²) in [5.41, 5.74) is 6.45. The summed E-state index contributed by atoms with van der Waals surface area (Å²) in [4.78, 5) is 11.8. The molecule has 112 valence electrons. The molecule has 0 unspecified atom stereocenters. The third kappa shape index (κ3) is 4.20. The lowest BCUT2D eigenvalue weighted by Crippen LogP contribution is -2.17. The number of hydrogen-bond donors (Lipinski definition) is 2. The molecule has 21 heavy (non-hydrogen) atoms. The number of hydrogen-bond acceptors (Lipinski definition) is 5. The second-order valence-electron chi connectivity index (χ2n) is 4.28. The van der Waals surface area contributed by atoms with Gasteiger partial charge in [0.2, 0.25) is 5.91 Å². The average molecular weight is 345 g/mol. The van der Waals surface area contributed by atoms with Gasteiger partial charge in [-0.3, -0.25) is 4.79 Å². The van der Waals surface area contributed by atoms with Crippen molar-refractivity contribution in [1.29, 1.82) is 0 Å². The Labute approximate surface area is 131 Å². The van der Waals surface area contributed by atoms with Crippen LogP contribution in [0.3, 0.4) is 0 Å². The molecule has 1 aromatic carbocycles. The molecule has 1 aromatic heterocycles. The summed E-state index contributed by atoms with van der Waals surface area (Å²) in [6, 6.07) is 7.87. The highest BCUT2D eigenvalue weighted by Crippen LogP contribution is 2.23. The Kier molecular flexibility index (Phi) is 4.87. The molecule has 0 spiro atoms. The predicted octanol–water partition coefficient (Wildman–Crippen LogP) is 2.79. The maximum Gasteiger partial charge on any atom is 0.225 e. The minimum absolute atomic E-state index is 0.147. The molecule has 0 aliphatic heterocycles. The van der Waals surface area contributed by atoms with Crippen LogP contribution >= 0.6 is 22.9 Å². The molecule has 2 aromatic rings. The van der Waals surface area contributed by atoms with Crippen LogP contribution in [-0.4, -0.2) is 20.1 Å². The zero-order valence-corrected chi connectivity index (χ0v) is 13.3. The van der Waals surface area contributed by atoms with Gasteiger partial charge >= 0.3 is 0 Å². The lowest BCUT2D eigenvalue weighted by molar-refractivity contribution is -0.115. The van der Waals surface area contributed by atoms with Crippen LogP contribution in [0.5, 0.6) is 0 Å². The third-order valence-electron chi connectivity index (χ3n) is 2.69. The summed E-state index contributed by atoms with van der Waals surface area (Å²) in [5, 5.41) is 4.68. The van der Waals surface area contributed by atoms with Crippen molar-refractivity contribution in [3.8, 4) is 0 Å². The topological polar surface area (TPSA) is 89.3 Å². The van der Waals surface area contributed by atoms with Crippen molar-refractivity contribution < 1.29 is 13.2 Å². The summed E-state index contributed by atoms with van der Waals surface area (Å²) in [6.07, 6.45) is -0.147. The maximum absolute atomic E-state index is 12.0. The largest absolute Gasteiger partial charge is 0.397 e. The molecule has 0 saturated heterocycles. The molecular formula is C13H13ClN2O3S2. The number of anilines is 2. The van der Waals surface area contributed by atoms with E-state index in [1.165, 1.54) is 12.1 Å². The Balaban J connectivity index is 1.98. The molecule has 0 aliphatic rings. The number of nitrogen functional groups attached to an aromatic ring is 1. The highest BCUT2D eigenvalue weighted by atomic mass is 35.5. The van der Waals surface area contributed by atoms with E-state index >= 15 is 0 Å². The molecule has 3 N–H and O–H groups in total. The molecule has 0 bridgehead atoms. The van der Waals surface area contributed by atoms with Crippen LogP contribution in [0.2, 0.25) is 5.02 Å². The standard InChI is InChI=1S/C13H13ClN2O3S2/c14-9-3-4-10(15)11(8-9)16-12(17)5-7-21(18,19)13-2-1-6-20-13/h1-4,6,8H,5,7,15H2,(H,16,17). The number of benzene rings is 1. The van der Waals surface area contributed by atoms with Gasteiger partial charge in [-0.25, -0.2) is 8.42 Å². The Morgan fingerprint density at radius 3 is 2.76 bits per heavy atom. The molecule has 0 atom stereocenters. The Morgan fingerprint density at radius 1 is 1.33 bits per heavy atom. The van der Waals surface area contributed by atoms with E-state index in [1.54, 1.807) is 23.6 Å². The van der Waals surface area contributed by atoms with Crippen molar-refractivity contribution in [2.45, 2.75) is 10.6 Å². The van der Waals surface area contributed by atoms with Gasteiger partial charge in [0.1, 0.15) is 4.21 Å². The van der Waals surface area contributed by atoms with E-state index in [2.05, 4.69) is 5.32 Å². The van der Waals surface area contributed by atoms with E-state index < -0.39 is 15.7 Å². The Bertz CT molecular complexity index is 743. The third-order valence-corrected chi connectivity index (χ3v) is 6.13. The number of nitrogens with one attached hydrogen (secondary N) is 1. The van der Waals surface area contributed by atoms with Crippen molar-refractivity contribution in [1.82, 2.24) is 0 Å². The number of halogens is 1. The monoisotopic (exact) mass is 344 g/mol. The van der Waals surface area contributed by atoms with E-state index in [9.17, 15) is 13.2 Å². The summed E-state index contributed by atoms with van der Waals surface area (Å²) in [7, 11) is -3.42. The van der Waals surface area contributed by atoms with Gasteiger partial charge in [0.25, 0.3) is 0 Å². The van der Waals surface area contributed by atoms with E-state index in [0.29, 0.717) is 16.4 Å². The van der Waals surface area contributed by atoms with Crippen LogP contribution in [0, 0.1) is 0 Å². The number of carbonyl (C=O) groups is 1. The predicted molar refractivity (Wildman–Crippen MR) is 85.5 cm³/mol. The van der Waals surface area contributed by atoms with Crippen LogP contribution in [0.15, 0.2) is 39.9 Å². The fourth-order valence-corrected chi connectivity index (χ4v) is 4.18. The van der Waals surface area contributed by atoms with Crippen molar-refractivity contribution in [3.05, 3.63) is 40.7 Å². The number of thiophene rings is 1. The first kappa shape index (κ1) is 15.8. The average Bonchev–Trinajstić information content (AvgIpc) is 2.96. The normalized spacial score (nSPS) is 11.3. The minimum atomic E-state index is -3.42. The van der Waals surface area contributed by atoms with Crippen LogP contribution in [-0.2, 0) is 14.6 Å². The lowest BCUT2D eigenvalue weighted by atomic mass is 10.2. The van der Waals surface area contributed by atoms with Gasteiger partial charge < -0.3 is 11.1 Å². The Hall–Kier alpha value is -1.57. The van der Waals surface area contributed by atoms with Crippen LogP contribution < -0.4 is 11.1 Å². The van der Waals surface area contributed by atoms with Crippen LogP contribution in [0.1, 0.15) is 6.42 Å². The quantitative estimate of drug-likeness (QED) is 0.816. The zero-order valence-electron chi connectivity index (χ0n) is 10.9. The second-order valence-corrected chi connectivity index (χ2v) is 8.00. The highest BCUT2D eigenvalue weighted by Gasteiger charge is 2.17. The number of nitrogens with two attached hydrogens (primary N) is 1. The molecule has 1 heterocycles. The van der Waals surface area contributed by atoms with E-state index in [4.69, 9.17) is 17.3 Å². The number of amides is 1. The van der Waals surface area contributed by atoms with Gasteiger partial charge in [-0.05, 0) is 29.6 Å². The van der Waals surface area contributed by atoms with Gasteiger partial charge in [0.15, 0.2) is 9.84 Å². The summed E-state index contributed by atoms with van der Waals surface area (Å²) >= 11 is 6.95. The zero-order chi connectivity index (χ0) is 15.5. The molecule has 8 heteroatoms. The molecular weight excluding hydrogens is 332 g/mol. The molecule has 0 fully saturated rings. The highest BCUT2D eigenvalue weighted by molar-refractivity contribution is 7.93. The van der Waals surface area contributed by atoms with Gasteiger partial charge in [-0.1, -0.05) is 17.7 Å². The SMILES string of the molecule is Nc1ccc(Cl)cc1NC(=O)CCS(=O)(=O)c1cccs1. The smallest absolute Gasteiger partial charge is 0.225 e. The van der Waals surface area contributed by atoms with Gasteiger partial charge in [0, 0.05) is 11.4 Å². The second kappa shape index (κ2) is 6.46. The molecule has 1 amide bonds. The first-order valence-electron chi connectivity index (χ1n) is 5.99. The fourth-order valence-electron chi connectivity index (χ4n) is 1.62. The van der Waals surface area contributed by atoms with Crippen LogP contribution in [0.4, 0.5) is 11.4 Å². The van der Waals surface area contributed by atoms with Crippen molar-refractivity contribution in [3.63, 3.8) is 0 Å². The van der Waals surface area contributed by atoms with Gasteiger partial charge in [0.05, 0.1) is 17.1 Å². The molecule has 0 saturated carbocycles. The summed E-state index contributed by atoms with van der Waals surface area (Å²) in [5.74, 6) is -0.677. The number of sulfone groups is 1. The Morgan fingerprint density at radius 2 is 2.10 bits per heavy atom. The molecule has 2 rings (SSSR count). The maximum atomic E-state index is 12.0. The first-order valence-corrected chi connectivity index (χ1v) is 8.90. The van der Waals surface area contributed by atoms with Gasteiger partial charge in [-0.15, -0.1) is 11.3 Å². The van der Waals surface area contributed by atoms with Crippen molar-refractivity contribution >= 4 is 50.1 Å². The van der Waals surface area contributed by atoms with Crippen LogP contribution in [0.25, 0.3) is 0 Å². The van der Waals surface area contributed by atoms with E-state index in [-0.39, 0.29) is 16.4 Å². The van der Waals surface area contributed by atoms with E-state index in [1.807, 2.05) is 0 Å². The summed E-state index contributed by atoms with van der Waals surface area (Å²) < 4.78 is 24.2. The van der Waals surface area contributed by atoms with Gasteiger partial charge in [-0.2, -0.15) is 0 Å². The summed E-state index contributed by atoms with van der Waals surface area (Å²) in [6.45, 7) is 0. The minimum Gasteiger partial charge on any atom is -0.397 e.